The maximum atomic E-state index is 12.3. The summed E-state index contributed by atoms with van der Waals surface area (Å²) in [7, 11) is 0. The van der Waals surface area contributed by atoms with Crippen LogP contribution in [-0.2, 0) is 4.74 Å². The Balaban J connectivity index is 1.78. The second-order valence-corrected chi connectivity index (χ2v) is 9.07. The lowest BCUT2D eigenvalue weighted by molar-refractivity contribution is 0.0240. The number of carbonyl (C=O) groups excluding carboxylic acids is 2. The summed E-state index contributed by atoms with van der Waals surface area (Å²) in [6, 6.07) is 7.26. The standard InChI is InChI=1S/C21H25N5O4S/c1-13-17(18(23)27)31-19(24-13)29-16-11-14(12-22)5-6-15(16)25-7-9-26(10-8-25)20(28)30-21(2,3)4/h5-6,11H,7-10H2,1-4H3,(H2,23,27). The molecular weight excluding hydrogens is 418 g/mol. The molecule has 10 heteroatoms. The average Bonchev–Trinajstić information content (AvgIpc) is 3.07. The Morgan fingerprint density at radius 1 is 1.23 bits per heavy atom. The monoisotopic (exact) mass is 443 g/mol. The molecule has 0 bridgehead atoms. The second kappa shape index (κ2) is 8.81. The molecule has 1 fully saturated rings. The average molecular weight is 444 g/mol. The fourth-order valence-electron chi connectivity index (χ4n) is 3.12. The molecule has 1 aromatic heterocycles. The van der Waals surface area contributed by atoms with Gasteiger partial charge in [-0.1, -0.05) is 11.3 Å². The summed E-state index contributed by atoms with van der Waals surface area (Å²) in [5, 5.41) is 9.56. The number of benzene rings is 1. The lowest BCUT2D eigenvalue weighted by Crippen LogP contribution is -2.50. The third-order valence-corrected chi connectivity index (χ3v) is 5.61. The number of nitrogens with zero attached hydrogens (tertiary/aromatic N) is 4. The van der Waals surface area contributed by atoms with Gasteiger partial charge in [-0.25, -0.2) is 9.78 Å². The predicted octanol–water partition coefficient (Wildman–Crippen LogP) is 3.27. The number of anilines is 1. The molecule has 31 heavy (non-hydrogen) atoms. The van der Waals surface area contributed by atoms with Gasteiger partial charge in [0, 0.05) is 32.2 Å². The fraction of sp³-hybridized carbons (Fsp3) is 0.429. The minimum Gasteiger partial charge on any atom is -0.444 e. The molecule has 2 aromatic rings. The number of piperazine rings is 1. The molecule has 2 amide bonds. The highest BCUT2D eigenvalue weighted by Gasteiger charge is 2.27. The number of amides is 2. The van der Waals surface area contributed by atoms with Crippen molar-refractivity contribution in [2.75, 3.05) is 31.1 Å². The summed E-state index contributed by atoms with van der Waals surface area (Å²) in [5.74, 6) is -0.108. The van der Waals surface area contributed by atoms with Crippen LogP contribution in [0.2, 0.25) is 0 Å². The first-order valence-electron chi connectivity index (χ1n) is 9.79. The van der Waals surface area contributed by atoms with Gasteiger partial charge in [0.25, 0.3) is 11.1 Å². The molecule has 3 rings (SSSR count). The van der Waals surface area contributed by atoms with Crippen LogP contribution in [0.4, 0.5) is 10.5 Å². The molecule has 0 radical (unpaired) electrons. The van der Waals surface area contributed by atoms with E-state index in [1.807, 2.05) is 26.8 Å². The number of carbonyl (C=O) groups is 2. The molecule has 0 unspecified atom stereocenters. The van der Waals surface area contributed by atoms with Crippen LogP contribution in [0.15, 0.2) is 18.2 Å². The normalized spacial score (nSPS) is 14.2. The van der Waals surface area contributed by atoms with Gasteiger partial charge in [-0.3, -0.25) is 4.79 Å². The van der Waals surface area contributed by atoms with E-state index in [0.29, 0.717) is 48.1 Å². The molecule has 9 nitrogen and oxygen atoms in total. The summed E-state index contributed by atoms with van der Waals surface area (Å²) in [6.45, 7) is 9.34. The number of hydrogen-bond acceptors (Lipinski definition) is 8. The number of nitriles is 1. The third kappa shape index (κ3) is 5.44. The summed E-state index contributed by atoms with van der Waals surface area (Å²) < 4.78 is 11.4. The molecule has 0 spiro atoms. The Hall–Kier alpha value is -3.32. The van der Waals surface area contributed by atoms with Gasteiger partial charge < -0.3 is 25.0 Å². The van der Waals surface area contributed by atoms with Crippen LogP contribution in [0.25, 0.3) is 0 Å². The van der Waals surface area contributed by atoms with E-state index in [-0.39, 0.29) is 11.3 Å². The number of thiazole rings is 1. The van der Waals surface area contributed by atoms with Gasteiger partial charge in [-0.05, 0) is 39.8 Å². The maximum Gasteiger partial charge on any atom is 0.410 e. The van der Waals surface area contributed by atoms with Gasteiger partial charge in [0.15, 0.2) is 5.75 Å². The lowest BCUT2D eigenvalue weighted by Gasteiger charge is -2.37. The number of aryl methyl sites for hydroxylation is 1. The van der Waals surface area contributed by atoms with E-state index < -0.39 is 11.5 Å². The fourth-order valence-corrected chi connectivity index (χ4v) is 3.90. The molecular formula is C21H25N5O4S. The van der Waals surface area contributed by atoms with Gasteiger partial charge in [0.05, 0.1) is 23.0 Å². The second-order valence-electron chi connectivity index (χ2n) is 8.11. The van der Waals surface area contributed by atoms with E-state index in [1.54, 1.807) is 24.0 Å². The Labute approximate surface area is 185 Å². The first kappa shape index (κ1) is 22.4. The van der Waals surface area contributed by atoms with Crippen LogP contribution in [0, 0.1) is 18.3 Å². The van der Waals surface area contributed by atoms with E-state index in [9.17, 15) is 14.9 Å². The minimum atomic E-state index is -0.561. The number of rotatable bonds is 4. The number of aromatic nitrogens is 1. The van der Waals surface area contributed by atoms with Crippen LogP contribution in [0.1, 0.15) is 41.7 Å². The number of hydrogen-bond donors (Lipinski definition) is 1. The topological polar surface area (TPSA) is 122 Å². The van der Waals surface area contributed by atoms with Crippen LogP contribution in [-0.4, -0.2) is 53.7 Å². The molecule has 0 aliphatic carbocycles. The van der Waals surface area contributed by atoms with Gasteiger partial charge in [0.1, 0.15) is 10.5 Å². The Kier molecular flexibility index (Phi) is 6.36. The zero-order valence-electron chi connectivity index (χ0n) is 18.0. The molecule has 0 atom stereocenters. The SMILES string of the molecule is Cc1nc(Oc2cc(C#N)ccc2N2CCN(C(=O)OC(C)(C)C)CC2)sc1C(N)=O. The van der Waals surface area contributed by atoms with Crippen molar-refractivity contribution < 1.29 is 19.1 Å². The minimum absolute atomic E-state index is 0.273. The Morgan fingerprint density at radius 3 is 2.45 bits per heavy atom. The summed E-state index contributed by atoms with van der Waals surface area (Å²) >= 11 is 1.06. The zero-order chi connectivity index (χ0) is 22.8. The van der Waals surface area contributed by atoms with E-state index in [0.717, 1.165) is 17.0 Å². The van der Waals surface area contributed by atoms with E-state index in [2.05, 4.69) is 16.0 Å². The van der Waals surface area contributed by atoms with Gasteiger partial charge in [0.2, 0.25) is 0 Å². The van der Waals surface area contributed by atoms with Crippen LogP contribution in [0.3, 0.4) is 0 Å². The molecule has 2 heterocycles. The number of ether oxygens (including phenoxy) is 2. The van der Waals surface area contributed by atoms with Crippen LogP contribution in [0.5, 0.6) is 10.9 Å². The van der Waals surface area contributed by atoms with Crippen molar-refractivity contribution in [2.45, 2.75) is 33.3 Å². The largest absolute Gasteiger partial charge is 0.444 e. The molecule has 1 aromatic carbocycles. The maximum absolute atomic E-state index is 12.3. The van der Waals surface area contributed by atoms with Gasteiger partial charge in [-0.2, -0.15) is 5.26 Å². The lowest BCUT2D eigenvalue weighted by atomic mass is 10.1. The van der Waals surface area contributed by atoms with E-state index in [1.165, 1.54) is 0 Å². The van der Waals surface area contributed by atoms with Crippen molar-refractivity contribution in [3.05, 3.63) is 34.3 Å². The highest BCUT2D eigenvalue weighted by Crippen LogP contribution is 2.36. The zero-order valence-corrected chi connectivity index (χ0v) is 18.8. The highest BCUT2D eigenvalue weighted by atomic mass is 32.1. The van der Waals surface area contributed by atoms with Crippen molar-refractivity contribution in [1.82, 2.24) is 9.88 Å². The van der Waals surface area contributed by atoms with Gasteiger partial charge >= 0.3 is 6.09 Å². The third-order valence-electron chi connectivity index (χ3n) is 4.56. The van der Waals surface area contributed by atoms with E-state index >= 15 is 0 Å². The van der Waals surface area contributed by atoms with Crippen LogP contribution < -0.4 is 15.4 Å². The van der Waals surface area contributed by atoms with Crippen molar-refractivity contribution in [2.24, 2.45) is 5.73 Å². The van der Waals surface area contributed by atoms with Crippen LogP contribution >= 0.6 is 11.3 Å². The van der Waals surface area contributed by atoms with Crippen molar-refractivity contribution in [3.8, 4) is 17.0 Å². The predicted molar refractivity (Wildman–Crippen MR) is 117 cm³/mol. The number of primary amides is 1. The Morgan fingerprint density at radius 2 is 1.90 bits per heavy atom. The van der Waals surface area contributed by atoms with Crippen molar-refractivity contribution in [3.63, 3.8) is 0 Å². The molecule has 164 valence electrons. The molecule has 1 saturated heterocycles. The first-order chi connectivity index (χ1) is 14.6. The van der Waals surface area contributed by atoms with Crippen molar-refractivity contribution >= 4 is 29.0 Å². The Bertz CT molecular complexity index is 1030. The first-order valence-corrected chi connectivity index (χ1v) is 10.6. The summed E-state index contributed by atoms with van der Waals surface area (Å²) in [6.07, 6.45) is -0.333. The quantitative estimate of drug-likeness (QED) is 0.769. The molecule has 1 aliphatic heterocycles. The highest BCUT2D eigenvalue weighted by molar-refractivity contribution is 7.15. The molecule has 1 aliphatic rings. The van der Waals surface area contributed by atoms with Gasteiger partial charge in [-0.15, -0.1) is 0 Å². The summed E-state index contributed by atoms with van der Waals surface area (Å²) in [4.78, 5) is 32.2. The van der Waals surface area contributed by atoms with Crippen molar-refractivity contribution in [1.29, 1.82) is 5.26 Å². The smallest absolute Gasteiger partial charge is 0.410 e. The summed E-state index contributed by atoms with van der Waals surface area (Å²) in [5.41, 5.74) is 6.54. The molecule has 2 N–H and O–H groups in total. The molecule has 0 saturated carbocycles. The van der Waals surface area contributed by atoms with E-state index in [4.69, 9.17) is 15.2 Å². The number of nitrogens with two attached hydrogens (primary N) is 1.